The van der Waals surface area contributed by atoms with E-state index in [9.17, 15) is 19.2 Å². The summed E-state index contributed by atoms with van der Waals surface area (Å²) in [6, 6.07) is 0. The number of esters is 4. The molecule has 0 spiro atoms. The molecule has 5 atom stereocenters. The first-order chi connectivity index (χ1) is 17.8. The summed E-state index contributed by atoms with van der Waals surface area (Å²) in [5, 5.41) is 0. The van der Waals surface area contributed by atoms with Crippen molar-refractivity contribution in [1.82, 2.24) is 0 Å². The minimum Gasteiger partial charge on any atom is -0.463 e. The molecule has 1 rings (SSSR count). The molecule has 1 aliphatic rings. The Morgan fingerprint density at radius 3 is 1.91 bits per heavy atom. The van der Waals surface area contributed by atoms with Gasteiger partial charge in [-0.3, -0.25) is 19.2 Å². The third-order valence-electron chi connectivity index (χ3n) is 3.91. The van der Waals surface area contributed by atoms with Crippen LogP contribution in [-0.2, 0) is 57.1 Å². The average molecular weight is 503 g/mol. The van der Waals surface area contributed by atoms with Crippen molar-refractivity contribution in [2.24, 2.45) is 0 Å². The van der Waals surface area contributed by atoms with Crippen LogP contribution in [0.3, 0.4) is 0 Å². The Bertz CT molecular complexity index is 719. The van der Waals surface area contributed by atoms with Crippen molar-refractivity contribution in [2.75, 3.05) is 45.5 Å². The van der Waals surface area contributed by atoms with E-state index >= 15 is 0 Å². The molecule has 13 heteroatoms. The summed E-state index contributed by atoms with van der Waals surface area (Å²) >= 11 is 5.51. The lowest BCUT2D eigenvalue weighted by molar-refractivity contribution is -0.309. The number of hydrogen-bond donors (Lipinski definition) is 0. The van der Waals surface area contributed by atoms with Crippen molar-refractivity contribution in [1.29, 1.82) is 0 Å². The number of carbonyl (C=O) groups excluding carboxylic acids is 4. The smallest absolute Gasteiger partial charge is 0.303 e. The highest BCUT2D eigenvalue weighted by Crippen LogP contribution is 2.29. The van der Waals surface area contributed by atoms with Gasteiger partial charge in [0.05, 0.1) is 33.0 Å². The van der Waals surface area contributed by atoms with Crippen LogP contribution >= 0.6 is 11.6 Å². The summed E-state index contributed by atoms with van der Waals surface area (Å²) in [7, 11) is 0. The Balaban J connectivity index is 3.12. The highest BCUT2D eigenvalue weighted by molar-refractivity contribution is 6.17. The van der Waals surface area contributed by atoms with Crippen LogP contribution < -0.4 is 0 Å². The molecule has 0 saturated carbocycles. The molecule has 0 amide bonds. The molecule has 0 bridgehead atoms. The molecule has 12 nitrogen and oxygen atoms in total. The van der Waals surface area contributed by atoms with Gasteiger partial charge in [-0.25, -0.2) is 0 Å². The van der Waals surface area contributed by atoms with Crippen molar-refractivity contribution in [3.63, 3.8) is 0 Å². The minimum atomic E-state index is -1.60. The minimum absolute atomic E-state index is 0.0378. The largest absolute Gasteiger partial charge is 0.463 e. The molecule has 1 fully saturated rings. The Kier molecular flexibility index (Phi) is 10.9. The summed E-state index contributed by atoms with van der Waals surface area (Å²) in [4.78, 5) is 47.5. The SMILES string of the molecule is [2H]CC(=O)OC[C@H]1OC(OCCOCCOCCCl)[C@@H](OC(=O)C[2H])[C@@H](OC(=O)C[2H])[C@@H]1OC(=O)C[2H]. The van der Waals surface area contributed by atoms with E-state index in [1.54, 1.807) is 0 Å². The van der Waals surface area contributed by atoms with Gasteiger partial charge in [0.15, 0.2) is 24.6 Å². The normalized spacial score (nSPS) is 26.2. The molecular weight excluding hydrogens is 468 g/mol. The molecule has 33 heavy (non-hydrogen) atoms. The van der Waals surface area contributed by atoms with E-state index in [2.05, 4.69) is 0 Å². The third kappa shape index (κ3) is 11.6. The lowest BCUT2D eigenvalue weighted by Gasteiger charge is -2.44. The van der Waals surface area contributed by atoms with Crippen LogP contribution in [0.25, 0.3) is 0 Å². The summed E-state index contributed by atoms with van der Waals surface area (Å²) in [6.45, 7) is -2.96. The lowest BCUT2D eigenvalue weighted by atomic mass is 9.98. The molecule has 1 heterocycles. The van der Waals surface area contributed by atoms with Crippen LogP contribution in [0.5, 0.6) is 0 Å². The quantitative estimate of drug-likeness (QED) is 0.140. The Labute approximate surface area is 202 Å². The van der Waals surface area contributed by atoms with E-state index in [1.165, 1.54) is 0 Å². The van der Waals surface area contributed by atoms with Crippen LogP contribution in [0.1, 0.15) is 33.1 Å². The van der Waals surface area contributed by atoms with E-state index < -0.39 is 88.8 Å². The van der Waals surface area contributed by atoms with Crippen LogP contribution in [0.4, 0.5) is 0 Å². The summed E-state index contributed by atoms with van der Waals surface area (Å²) in [6.07, 6.45) is -7.53. The van der Waals surface area contributed by atoms with Gasteiger partial charge < -0.3 is 37.9 Å². The van der Waals surface area contributed by atoms with Crippen molar-refractivity contribution < 1.29 is 62.6 Å². The summed E-state index contributed by atoms with van der Waals surface area (Å²) in [5.74, 6) is -3.79. The monoisotopic (exact) mass is 502 g/mol. The number of ether oxygens (including phenoxy) is 8. The van der Waals surface area contributed by atoms with Crippen LogP contribution in [0.2, 0.25) is 0 Å². The molecule has 0 radical (unpaired) electrons. The first-order valence-corrected chi connectivity index (χ1v) is 10.2. The van der Waals surface area contributed by atoms with E-state index in [-0.39, 0.29) is 26.4 Å². The fourth-order valence-electron chi connectivity index (χ4n) is 2.78. The molecule has 0 N–H and O–H groups in total. The summed E-state index contributed by atoms with van der Waals surface area (Å²) < 4.78 is 71.2. The van der Waals surface area contributed by atoms with Gasteiger partial charge in [0.1, 0.15) is 12.7 Å². The van der Waals surface area contributed by atoms with Crippen molar-refractivity contribution >= 4 is 35.5 Å². The molecular formula is C20H31ClO12. The number of halogens is 1. The van der Waals surface area contributed by atoms with Crippen LogP contribution in [0.15, 0.2) is 0 Å². The fraction of sp³-hybridized carbons (Fsp3) is 0.800. The number of alkyl halides is 1. The van der Waals surface area contributed by atoms with E-state index in [1.807, 2.05) is 0 Å². The molecule has 0 aromatic carbocycles. The van der Waals surface area contributed by atoms with Crippen LogP contribution in [-0.4, -0.2) is 100 Å². The Hall–Kier alpha value is -1.99. The van der Waals surface area contributed by atoms with Crippen LogP contribution in [0, 0.1) is 0 Å². The predicted octanol–water partition coefficient (Wildman–Crippen LogP) is 0.358. The molecule has 1 unspecified atom stereocenters. The fourth-order valence-corrected chi connectivity index (χ4v) is 2.89. The van der Waals surface area contributed by atoms with Crippen molar-refractivity contribution in [2.45, 2.75) is 58.3 Å². The standard InChI is InChI=1S/C20H31ClO12/c1-12(22)29-11-16-17(30-13(2)23)18(31-14(3)24)19(32-15(4)25)20(33-16)28-10-9-27-8-7-26-6-5-21/h16-20H,5-11H2,1-4H3/t16-,17-,18+,19+,20?/m1/s1/i1D,2D,3D,4D. The first-order valence-electron chi connectivity index (χ1n) is 12.5. The second kappa shape index (κ2) is 15.8. The van der Waals surface area contributed by atoms with Gasteiger partial charge in [0, 0.05) is 39.0 Å². The van der Waals surface area contributed by atoms with Gasteiger partial charge in [-0.05, 0) is 0 Å². The van der Waals surface area contributed by atoms with Gasteiger partial charge in [0.25, 0.3) is 0 Å². The lowest BCUT2D eigenvalue weighted by Crippen LogP contribution is -2.63. The molecule has 1 saturated heterocycles. The topological polar surface area (TPSA) is 142 Å². The zero-order valence-electron chi connectivity index (χ0n) is 21.9. The molecule has 1 aliphatic heterocycles. The van der Waals surface area contributed by atoms with E-state index in [4.69, 9.17) is 55.0 Å². The van der Waals surface area contributed by atoms with Gasteiger partial charge in [-0.15, -0.1) is 11.6 Å². The highest BCUT2D eigenvalue weighted by Gasteiger charge is 2.52. The molecule has 0 aliphatic carbocycles. The van der Waals surface area contributed by atoms with Gasteiger partial charge in [-0.2, -0.15) is 0 Å². The maximum absolute atomic E-state index is 12.0. The zero-order valence-corrected chi connectivity index (χ0v) is 18.7. The van der Waals surface area contributed by atoms with E-state index in [0.717, 1.165) is 0 Å². The van der Waals surface area contributed by atoms with Gasteiger partial charge >= 0.3 is 23.9 Å². The zero-order chi connectivity index (χ0) is 27.6. The highest BCUT2D eigenvalue weighted by atomic mass is 35.5. The molecule has 190 valence electrons. The predicted molar refractivity (Wildman–Crippen MR) is 110 cm³/mol. The first kappa shape index (κ1) is 22.8. The van der Waals surface area contributed by atoms with Crippen molar-refractivity contribution in [3.05, 3.63) is 0 Å². The number of carbonyl (C=O) groups is 4. The second-order valence-electron chi connectivity index (χ2n) is 6.37. The van der Waals surface area contributed by atoms with Gasteiger partial charge in [-0.1, -0.05) is 0 Å². The maximum Gasteiger partial charge on any atom is 0.303 e. The van der Waals surface area contributed by atoms with E-state index in [0.29, 0.717) is 12.5 Å². The Morgan fingerprint density at radius 1 is 0.758 bits per heavy atom. The second-order valence-corrected chi connectivity index (χ2v) is 6.75. The maximum atomic E-state index is 12.0. The molecule has 0 aromatic heterocycles. The third-order valence-corrected chi connectivity index (χ3v) is 4.06. The summed E-state index contributed by atoms with van der Waals surface area (Å²) in [5.41, 5.74) is 0. The van der Waals surface area contributed by atoms with Gasteiger partial charge in [0.2, 0.25) is 0 Å². The van der Waals surface area contributed by atoms with Crippen molar-refractivity contribution in [3.8, 4) is 0 Å². The number of rotatable bonds is 14. The molecule has 0 aromatic rings. The number of hydrogen-bond acceptors (Lipinski definition) is 12. The average Bonchev–Trinajstić information content (AvgIpc) is 2.91. The Morgan fingerprint density at radius 2 is 1.30 bits per heavy atom.